The van der Waals surface area contributed by atoms with Gasteiger partial charge < -0.3 is 10.3 Å². The third-order valence-electron chi connectivity index (χ3n) is 5.24. The van der Waals surface area contributed by atoms with Gasteiger partial charge in [-0.2, -0.15) is 0 Å². The van der Waals surface area contributed by atoms with E-state index in [2.05, 4.69) is 95.9 Å². The maximum Gasteiger partial charge on any atom is 0.138 e. The molecule has 3 nitrogen and oxygen atoms in total. The Morgan fingerprint density at radius 1 is 0.815 bits per heavy atom. The number of fused-ring (bicyclic) bond motifs is 4. The van der Waals surface area contributed by atoms with Gasteiger partial charge in [0.1, 0.15) is 5.82 Å². The van der Waals surface area contributed by atoms with Crippen molar-refractivity contribution in [1.29, 1.82) is 0 Å². The molecule has 3 heteroatoms. The van der Waals surface area contributed by atoms with Crippen LogP contribution in [0.5, 0.6) is 0 Å². The Morgan fingerprint density at radius 3 is 2.44 bits per heavy atom. The average Bonchev–Trinajstić information content (AvgIpc) is 3.07. The minimum Gasteiger partial charge on any atom is -0.354 e. The Balaban J connectivity index is 1.81. The lowest BCUT2D eigenvalue weighted by atomic mass is 9.97. The van der Waals surface area contributed by atoms with Crippen molar-refractivity contribution in [3.05, 3.63) is 78.5 Å². The topological polar surface area (TPSA) is 40.7 Å². The summed E-state index contributed by atoms with van der Waals surface area (Å²) < 4.78 is 0. The maximum atomic E-state index is 4.65. The molecule has 2 aromatic heterocycles. The highest BCUT2D eigenvalue weighted by molar-refractivity contribution is 6.15. The van der Waals surface area contributed by atoms with Gasteiger partial charge in [0.2, 0.25) is 0 Å². The number of H-pyrrole nitrogens is 1. The molecule has 0 aliphatic rings. The van der Waals surface area contributed by atoms with Gasteiger partial charge in [0.05, 0.1) is 5.69 Å². The highest BCUT2D eigenvalue weighted by Crippen LogP contribution is 2.39. The van der Waals surface area contributed by atoms with Crippen molar-refractivity contribution in [3.8, 4) is 0 Å². The SMILES string of the molecule is CC(C)c1ccc2[nH]c3ccccc3c2c1Nc1nccc2ccccc12. The zero-order valence-electron chi connectivity index (χ0n) is 15.5. The number of hydrogen-bond donors (Lipinski definition) is 2. The van der Waals surface area contributed by atoms with Gasteiger partial charge in [-0.05, 0) is 35.1 Å². The summed E-state index contributed by atoms with van der Waals surface area (Å²) in [6.45, 7) is 4.47. The number of benzene rings is 3. The Kier molecular flexibility index (Phi) is 3.61. The van der Waals surface area contributed by atoms with Gasteiger partial charge in [0.25, 0.3) is 0 Å². The largest absolute Gasteiger partial charge is 0.354 e. The van der Waals surface area contributed by atoms with E-state index in [1.54, 1.807) is 0 Å². The number of nitrogens with zero attached hydrogens (tertiary/aromatic N) is 1. The number of nitrogens with one attached hydrogen (secondary N) is 2. The lowest BCUT2D eigenvalue weighted by molar-refractivity contribution is 0.871. The smallest absolute Gasteiger partial charge is 0.138 e. The summed E-state index contributed by atoms with van der Waals surface area (Å²) in [4.78, 5) is 8.20. The molecule has 3 aromatic carbocycles. The summed E-state index contributed by atoms with van der Waals surface area (Å²) in [6, 6.07) is 23.3. The fraction of sp³-hybridized carbons (Fsp3) is 0.125. The quantitative estimate of drug-likeness (QED) is 0.378. The zero-order valence-corrected chi connectivity index (χ0v) is 15.5. The number of para-hydroxylation sites is 1. The third kappa shape index (κ3) is 2.55. The molecule has 2 N–H and O–H groups in total. The number of anilines is 2. The van der Waals surface area contributed by atoms with E-state index < -0.39 is 0 Å². The van der Waals surface area contributed by atoms with E-state index in [1.807, 2.05) is 6.20 Å². The van der Waals surface area contributed by atoms with Crippen molar-refractivity contribution >= 4 is 44.1 Å². The highest BCUT2D eigenvalue weighted by Gasteiger charge is 2.16. The summed E-state index contributed by atoms with van der Waals surface area (Å²) in [5, 5.41) is 8.47. The first-order valence-corrected chi connectivity index (χ1v) is 9.36. The fourth-order valence-corrected chi connectivity index (χ4v) is 3.91. The highest BCUT2D eigenvalue weighted by atomic mass is 15.0. The molecule has 0 aliphatic carbocycles. The monoisotopic (exact) mass is 351 g/mol. The fourth-order valence-electron chi connectivity index (χ4n) is 3.91. The number of aromatic amines is 1. The molecule has 5 aromatic rings. The van der Waals surface area contributed by atoms with Gasteiger partial charge in [0.15, 0.2) is 0 Å². The van der Waals surface area contributed by atoms with Crippen molar-refractivity contribution in [2.75, 3.05) is 5.32 Å². The summed E-state index contributed by atoms with van der Waals surface area (Å²) >= 11 is 0. The molecular formula is C24H21N3. The third-order valence-corrected chi connectivity index (χ3v) is 5.24. The molecule has 27 heavy (non-hydrogen) atoms. The standard InChI is InChI=1S/C24H21N3/c1-15(2)17-11-12-21-22(19-9-5-6-10-20(19)26-21)23(17)27-24-18-8-4-3-7-16(18)13-14-25-24/h3-15,26H,1-2H3,(H,25,27). The van der Waals surface area contributed by atoms with Gasteiger partial charge in [-0.25, -0.2) is 4.98 Å². The Bertz CT molecular complexity index is 1280. The van der Waals surface area contributed by atoms with Crippen LogP contribution in [0.3, 0.4) is 0 Å². The molecule has 2 heterocycles. The number of hydrogen-bond acceptors (Lipinski definition) is 2. The predicted octanol–water partition coefficient (Wildman–Crippen LogP) is 6.74. The van der Waals surface area contributed by atoms with Crippen LogP contribution >= 0.6 is 0 Å². The minimum absolute atomic E-state index is 0.403. The first-order valence-electron chi connectivity index (χ1n) is 9.36. The maximum absolute atomic E-state index is 4.65. The lowest BCUT2D eigenvalue weighted by Crippen LogP contribution is -2.01. The van der Waals surface area contributed by atoms with Gasteiger partial charge in [-0.3, -0.25) is 0 Å². The van der Waals surface area contributed by atoms with Crippen LogP contribution in [0.1, 0.15) is 25.3 Å². The summed E-state index contributed by atoms with van der Waals surface area (Å²) in [5.41, 5.74) is 4.73. The van der Waals surface area contributed by atoms with Crippen molar-refractivity contribution in [2.45, 2.75) is 19.8 Å². The second-order valence-electron chi connectivity index (χ2n) is 7.28. The summed E-state index contributed by atoms with van der Waals surface area (Å²) in [7, 11) is 0. The molecule has 0 atom stereocenters. The van der Waals surface area contributed by atoms with E-state index in [9.17, 15) is 0 Å². The molecule has 0 saturated heterocycles. The Hall–Kier alpha value is -3.33. The van der Waals surface area contributed by atoms with Crippen LogP contribution in [-0.4, -0.2) is 9.97 Å². The molecule has 0 saturated carbocycles. The van der Waals surface area contributed by atoms with Crippen LogP contribution in [0.15, 0.2) is 72.9 Å². The van der Waals surface area contributed by atoms with Gasteiger partial charge in [-0.15, -0.1) is 0 Å². The van der Waals surface area contributed by atoms with Crippen molar-refractivity contribution < 1.29 is 0 Å². The normalized spacial score (nSPS) is 11.7. The molecule has 0 amide bonds. The van der Waals surface area contributed by atoms with Gasteiger partial charge in [0, 0.05) is 33.4 Å². The molecule has 132 valence electrons. The minimum atomic E-state index is 0.403. The van der Waals surface area contributed by atoms with Crippen LogP contribution in [0.2, 0.25) is 0 Å². The molecule has 5 rings (SSSR count). The molecule has 0 spiro atoms. The zero-order chi connectivity index (χ0) is 18.4. The Morgan fingerprint density at radius 2 is 1.59 bits per heavy atom. The van der Waals surface area contributed by atoms with E-state index in [4.69, 9.17) is 0 Å². The molecular weight excluding hydrogens is 330 g/mol. The number of pyridine rings is 1. The second kappa shape index (κ2) is 6.13. The van der Waals surface area contributed by atoms with Crippen molar-refractivity contribution in [3.63, 3.8) is 0 Å². The van der Waals surface area contributed by atoms with E-state index in [0.29, 0.717) is 5.92 Å². The number of rotatable bonds is 3. The van der Waals surface area contributed by atoms with Crippen LogP contribution in [0, 0.1) is 0 Å². The van der Waals surface area contributed by atoms with Crippen molar-refractivity contribution in [2.24, 2.45) is 0 Å². The first kappa shape index (κ1) is 15.9. The molecule has 0 bridgehead atoms. The van der Waals surface area contributed by atoms with Crippen LogP contribution in [-0.2, 0) is 0 Å². The van der Waals surface area contributed by atoms with Crippen LogP contribution in [0.4, 0.5) is 11.5 Å². The summed E-state index contributed by atoms with van der Waals surface area (Å²) in [5.74, 6) is 1.30. The van der Waals surface area contributed by atoms with Gasteiger partial charge in [-0.1, -0.05) is 62.4 Å². The van der Waals surface area contributed by atoms with Crippen molar-refractivity contribution in [1.82, 2.24) is 9.97 Å². The molecule has 0 unspecified atom stereocenters. The predicted molar refractivity (Wildman–Crippen MR) is 115 cm³/mol. The Labute approximate surface area is 158 Å². The molecule has 0 fully saturated rings. The first-order chi connectivity index (χ1) is 13.2. The van der Waals surface area contributed by atoms with E-state index >= 15 is 0 Å². The van der Waals surface area contributed by atoms with E-state index in [-0.39, 0.29) is 0 Å². The van der Waals surface area contributed by atoms with E-state index in [1.165, 1.54) is 21.7 Å². The lowest BCUT2D eigenvalue weighted by Gasteiger charge is -2.17. The van der Waals surface area contributed by atoms with E-state index in [0.717, 1.165) is 27.9 Å². The van der Waals surface area contributed by atoms with Gasteiger partial charge >= 0.3 is 0 Å². The van der Waals surface area contributed by atoms with Crippen LogP contribution in [0.25, 0.3) is 32.6 Å². The molecule has 0 aliphatic heterocycles. The second-order valence-corrected chi connectivity index (χ2v) is 7.28. The van der Waals surface area contributed by atoms with Crippen LogP contribution < -0.4 is 5.32 Å². The summed E-state index contributed by atoms with van der Waals surface area (Å²) in [6.07, 6.45) is 1.87. The number of aromatic nitrogens is 2. The average molecular weight is 351 g/mol. The molecule has 0 radical (unpaired) electrons.